The van der Waals surface area contributed by atoms with Crippen molar-refractivity contribution in [2.24, 2.45) is 0 Å². The quantitative estimate of drug-likeness (QED) is 0.508. The summed E-state index contributed by atoms with van der Waals surface area (Å²) in [5.41, 5.74) is 1.24. The largest absolute Gasteiger partial charge is 0.465 e. The Bertz CT molecular complexity index is 1150. The molecule has 1 saturated heterocycles. The zero-order chi connectivity index (χ0) is 23.5. The molecule has 2 amide bonds. The van der Waals surface area contributed by atoms with Crippen molar-refractivity contribution < 1.29 is 14.7 Å². The highest BCUT2D eigenvalue weighted by Gasteiger charge is 2.29. The number of alkyl halides is 1. The number of carbonyl (C=O) groups is 2. The van der Waals surface area contributed by atoms with Gasteiger partial charge in [0, 0.05) is 38.1 Å². The fraction of sp³-hybridized carbons (Fsp3) is 0.286. The third-order valence-electron chi connectivity index (χ3n) is 5.44. The van der Waals surface area contributed by atoms with Crippen molar-refractivity contribution in [2.45, 2.75) is 18.3 Å². The van der Waals surface area contributed by atoms with Crippen LogP contribution in [0.1, 0.15) is 22.5 Å². The molecule has 4 heterocycles. The summed E-state index contributed by atoms with van der Waals surface area (Å²) in [7, 11) is 1.57. The van der Waals surface area contributed by atoms with E-state index in [0.717, 1.165) is 6.42 Å². The molecule has 2 N–H and O–H groups in total. The van der Waals surface area contributed by atoms with E-state index in [1.54, 1.807) is 43.7 Å². The lowest BCUT2D eigenvalue weighted by Crippen LogP contribution is -2.38. The fourth-order valence-corrected chi connectivity index (χ4v) is 3.89. The van der Waals surface area contributed by atoms with Gasteiger partial charge in [0.1, 0.15) is 5.82 Å². The van der Waals surface area contributed by atoms with Crippen molar-refractivity contribution in [1.29, 1.82) is 0 Å². The van der Waals surface area contributed by atoms with Crippen LogP contribution in [0.25, 0.3) is 5.82 Å². The van der Waals surface area contributed by atoms with Crippen LogP contribution in [-0.2, 0) is 5.88 Å². The highest BCUT2D eigenvalue weighted by atomic mass is 35.5. The topological polar surface area (TPSA) is 116 Å². The standard InChI is InChI=1S/C21H21Cl2N7O3/c1-28(21(32)33)16-6-7-29(12-16)17-5-3-15(10-25-17)26-20(31)19-13(8-22)11-30(27-19)18-4-2-14(23)9-24-18/h2-5,9-11,16H,6-8,12H2,1H3,(H,26,31)(H,32,33). The number of rotatable bonds is 6. The van der Waals surface area contributed by atoms with Crippen molar-refractivity contribution in [1.82, 2.24) is 24.6 Å². The minimum Gasteiger partial charge on any atom is -0.465 e. The molecule has 1 unspecified atom stereocenters. The van der Waals surface area contributed by atoms with Crippen LogP contribution in [-0.4, -0.2) is 67.9 Å². The number of nitrogens with one attached hydrogen (secondary N) is 1. The molecule has 1 aliphatic heterocycles. The van der Waals surface area contributed by atoms with Crippen molar-refractivity contribution in [2.75, 3.05) is 30.4 Å². The molecule has 33 heavy (non-hydrogen) atoms. The summed E-state index contributed by atoms with van der Waals surface area (Å²) in [5.74, 6) is 0.911. The molecule has 1 aliphatic rings. The summed E-state index contributed by atoms with van der Waals surface area (Å²) in [6.45, 7) is 1.27. The van der Waals surface area contributed by atoms with Crippen molar-refractivity contribution in [3.8, 4) is 5.82 Å². The predicted molar refractivity (Wildman–Crippen MR) is 125 cm³/mol. The number of carboxylic acid groups (broad SMARTS) is 1. The molecule has 3 aromatic heterocycles. The molecule has 0 spiro atoms. The van der Waals surface area contributed by atoms with E-state index in [-0.39, 0.29) is 17.6 Å². The third-order valence-corrected chi connectivity index (χ3v) is 5.95. The fourth-order valence-electron chi connectivity index (χ4n) is 3.58. The zero-order valence-corrected chi connectivity index (χ0v) is 19.2. The summed E-state index contributed by atoms with van der Waals surface area (Å²) in [6.07, 6.45) is 4.49. The molecule has 1 fully saturated rings. The maximum absolute atomic E-state index is 12.8. The highest BCUT2D eigenvalue weighted by molar-refractivity contribution is 6.30. The van der Waals surface area contributed by atoms with E-state index in [9.17, 15) is 9.59 Å². The summed E-state index contributed by atoms with van der Waals surface area (Å²) < 4.78 is 1.47. The van der Waals surface area contributed by atoms with Gasteiger partial charge >= 0.3 is 6.09 Å². The average Bonchev–Trinajstić information content (AvgIpc) is 3.47. The van der Waals surface area contributed by atoms with E-state index in [0.29, 0.717) is 41.0 Å². The van der Waals surface area contributed by atoms with Gasteiger partial charge in [-0.3, -0.25) is 4.79 Å². The van der Waals surface area contributed by atoms with E-state index < -0.39 is 12.0 Å². The first-order valence-electron chi connectivity index (χ1n) is 10.1. The average molecular weight is 490 g/mol. The molecule has 0 saturated carbocycles. The van der Waals surface area contributed by atoms with Gasteiger partial charge in [-0.05, 0) is 30.7 Å². The molecule has 0 bridgehead atoms. The van der Waals surface area contributed by atoms with Gasteiger partial charge in [0.05, 0.1) is 28.8 Å². The van der Waals surface area contributed by atoms with Gasteiger partial charge in [0.15, 0.2) is 11.5 Å². The highest BCUT2D eigenvalue weighted by Crippen LogP contribution is 2.23. The molecule has 3 aromatic rings. The van der Waals surface area contributed by atoms with Crippen LogP contribution in [0.15, 0.2) is 42.9 Å². The maximum atomic E-state index is 12.8. The Morgan fingerprint density at radius 3 is 2.61 bits per heavy atom. The number of nitrogens with zero attached hydrogens (tertiary/aromatic N) is 6. The molecule has 0 aromatic carbocycles. The van der Waals surface area contributed by atoms with Crippen LogP contribution in [0.2, 0.25) is 5.02 Å². The second kappa shape index (κ2) is 9.63. The van der Waals surface area contributed by atoms with E-state index in [1.165, 1.54) is 15.8 Å². The first kappa shape index (κ1) is 22.8. The van der Waals surface area contributed by atoms with Crippen LogP contribution in [0.3, 0.4) is 0 Å². The maximum Gasteiger partial charge on any atom is 0.407 e. The second-order valence-corrected chi connectivity index (χ2v) is 8.26. The summed E-state index contributed by atoms with van der Waals surface area (Å²) in [4.78, 5) is 35.9. The van der Waals surface area contributed by atoms with Crippen LogP contribution >= 0.6 is 23.2 Å². The molecule has 0 radical (unpaired) electrons. The molecule has 4 rings (SSSR count). The number of hydrogen-bond donors (Lipinski definition) is 2. The van der Waals surface area contributed by atoms with Crippen molar-refractivity contribution >= 4 is 46.7 Å². The number of aromatic nitrogens is 4. The minimum absolute atomic E-state index is 0.0807. The van der Waals surface area contributed by atoms with Gasteiger partial charge in [-0.15, -0.1) is 11.6 Å². The van der Waals surface area contributed by atoms with Crippen LogP contribution < -0.4 is 10.2 Å². The number of pyridine rings is 2. The summed E-state index contributed by atoms with van der Waals surface area (Å²) in [6, 6.07) is 6.82. The van der Waals surface area contributed by atoms with E-state index >= 15 is 0 Å². The Kier molecular flexibility index (Phi) is 6.66. The first-order valence-corrected chi connectivity index (χ1v) is 11.0. The smallest absolute Gasteiger partial charge is 0.407 e. The summed E-state index contributed by atoms with van der Waals surface area (Å²) >= 11 is 11.9. The van der Waals surface area contributed by atoms with Gasteiger partial charge in [-0.2, -0.15) is 5.10 Å². The Hall–Kier alpha value is -3.37. The Labute approximate surface area is 199 Å². The Morgan fingerprint density at radius 1 is 1.21 bits per heavy atom. The zero-order valence-electron chi connectivity index (χ0n) is 17.7. The molecule has 10 nitrogen and oxygen atoms in total. The lowest BCUT2D eigenvalue weighted by Gasteiger charge is -2.22. The lowest BCUT2D eigenvalue weighted by molar-refractivity contribution is 0.102. The molecule has 172 valence electrons. The summed E-state index contributed by atoms with van der Waals surface area (Å²) in [5, 5.41) is 16.8. The number of halogens is 2. The van der Waals surface area contributed by atoms with Crippen LogP contribution in [0, 0.1) is 0 Å². The number of amides is 2. The first-order chi connectivity index (χ1) is 15.9. The third kappa shape index (κ3) is 5.01. The molecular formula is C21H21Cl2N7O3. The van der Waals surface area contributed by atoms with E-state index in [4.69, 9.17) is 28.3 Å². The van der Waals surface area contributed by atoms with Crippen LogP contribution in [0.4, 0.5) is 16.3 Å². The van der Waals surface area contributed by atoms with E-state index in [2.05, 4.69) is 20.4 Å². The van der Waals surface area contributed by atoms with Gasteiger partial charge in [0.2, 0.25) is 0 Å². The van der Waals surface area contributed by atoms with Gasteiger partial charge < -0.3 is 20.2 Å². The van der Waals surface area contributed by atoms with Gasteiger partial charge in [-0.25, -0.2) is 19.4 Å². The van der Waals surface area contributed by atoms with Crippen molar-refractivity contribution in [3.63, 3.8) is 0 Å². The van der Waals surface area contributed by atoms with Gasteiger partial charge in [-0.1, -0.05) is 11.6 Å². The van der Waals surface area contributed by atoms with E-state index in [1.807, 2.05) is 4.90 Å². The molecule has 1 atom stereocenters. The normalized spacial score (nSPS) is 15.5. The SMILES string of the molecule is CN(C(=O)O)C1CCN(c2ccc(NC(=O)c3nn(-c4ccc(Cl)cn4)cc3CCl)cn2)C1. The van der Waals surface area contributed by atoms with Crippen LogP contribution in [0.5, 0.6) is 0 Å². The number of likely N-dealkylation sites (N-methyl/N-ethyl adjacent to an activating group) is 1. The monoisotopic (exact) mass is 489 g/mol. The minimum atomic E-state index is -0.946. The number of anilines is 2. The number of carbonyl (C=O) groups excluding carboxylic acids is 1. The van der Waals surface area contributed by atoms with Gasteiger partial charge in [0.25, 0.3) is 5.91 Å². The lowest BCUT2D eigenvalue weighted by atomic mass is 10.2. The predicted octanol–water partition coefficient (Wildman–Crippen LogP) is 3.50. The Morgan fingerprint density at radius 2 is 1.97 bits per heavy atom. The van der Waals surface area contributed by atoms with Crippen molar-refractivity contribution in [3.05, 3.63) is 59.1 Å². The Balaban J connectivity index is 1.44. The molecular weight excluding hydrogens is 469 g/mol. The second-order valence-electron chi connectivity index (χ2n) is 7.56. The molecule has 12 heteroatoms. The number of hydrogen-bond acceptors (Lipinski definition) is 6. The molecule has 0 aliphatic carbocycles.